The molecular weight excluding hydrogens is 366 g/mol. The Bertz CT molecular complexity index is 834. The number of hydrogen-bond donors (Lipinski definition) is 1. The van der Waals surface area contributed by atoms with Crippen molar-refractivity contribution < 1.29 is 19.0 Å². The second-order valence-corrected chi connectivity index (χ2v) is 7.23. The van der Waals surface area contributed by atoms with Gasteiger partial charge in [-0.25, -0.2) is 0 Å². The van der Waals surface area contributed by atoms with E-state index in [2.05, 4.69) is 11.4 Å². The molecule has 1 aliphatic rings. The number of carbonyl (C=O) groups is 1. The lowest BCUT2D eigenvalue weighted by atomic mass is 9.91. The van der Waals surface area contributed by atoms with Crippen LogP contribution in [0.1, 0.15) is 50.3 Å². The Labute approximate surface area is 173 Å². The number of nitrogens with one attached hydrogen (secondary N) is 1. The van der Waals surface area contributed by atoms with Gasteiger partial charge < -0.3 is 19.5 Å². The van der Waals surface area contributed by atoms with E-state index < -0.39 is 6.10 Å². The number of aryl methyl sites for hydroxylation is 1. The van der Waals surface area contributed by atoms with E-state index in [1.165, 1.54) is 24.0 Å². The van der Waals surface area contributed by atoms with Crippen LogP contribution in [0.15, 0.2) is 36.4 Å². The fraction of sp³-hybridized carbons (Fsp3) is 0.458. The Balaban J connectivity index is 1.60. The summed E-state index contributed by atoms with van der Waals surface area (Å²) in [6.45, 7) is 7.21. The first-order valence-electron chi connectivity index (χ1n) is 10.6. The smallest absolute Gasteiger partial charge is 0.261 e. The first kappa shape index (κ1) is 21.0. The van der Waals surface area contributed by atoms with E-state index in [9.17, 15) is 4.79 Å². The van der Waals surface area contributed by atoms with Crippen LogP contribution in [0.25, 0.3) is 0 Å². The minimum absolute atomic E-state index is 0.134. The van der Waals surface area contributed by atoms with Crippen LogP contribution in [-0.4, -0.2) is 25.2 Å². The molecule has 0 radical (unpaired) electrons. The number of carbonyl (C=O) groups excluding carboxylic acids is 1. The highest BCUT2D eigenvalue weighted by Crippen LogP contribution is 2.30. The van der Waals surface area contributed by atoms with Crippen molar-refractivity contribution >= 4 is 5.91 Å². The summed E-state index contributed by atoms with van der Waals surface area (Å²) in [5.74, 6) is 2.12. The first-order chi connectivity index (χ1) is 14.1. The molecular formula is C24H31NO4. The van der Waals surface area contributed by atoms with Gasteiger partial charge in [-0.3, -0.25) is 4.79 Å². The molecule has 0 aliphatic heterocycles. The first-order valence-corrected chi connectivity index (χ1v) is 10.6. The standard InChI is InChI=1S/C24H31NO4/c1-4-27-22-14-13-18(15-23(22)28-5-2)16-25-24(26)17(3)29-21-12-8-10-19-9-6-7-11-20(19)21/h8,10,12-15,17H,4-7,9,11,16H2,1-3H3,(H,25,26)/t17-/m0/s1. The topological polar surface area (TPSA) is 56.8 Å². The van der Waals surface area contributed by atoms with Gasteiger partial charge in [0.05, 0.1) is 13.2 Å². The molecule has 0 fully saturated rings. The van der Waals surface area contributed by atoms with Crippen molar-refractivity contribution in [3.8, 4) is 17.2 Å². The van der Waals surface area contributed by atoms with Crippen molar-refractivity contribution in [3.63, 3.8) is 0 Å². The molecule has 156 valence electrons. The highest BCUT2D eigenvalue weighted by molar-refractivity contribution is 5.80. The molecule has 0 heterocycles. The molecule has 0 unspecified atom stereocenters. The summed E-state index contributed by atoms with van der Waals surface area (Å²) in [6.07, 6.45) is 3.95. The van der Waals surface area contributed by atoms with Crippen molar-refractivity contribution in [2.24, 2.45) is 0 Å². The number of hydrogen-bond acceptors (Lipinski definition) is 4. The lowest BCUT2D eigenvalue weighted by Gasteiger charge is -2.22. The van der Waals surface area contributed by atoms with Gasteiger partial charge in [0.2, 0.25) is 0 Å². The third-order valence-electron chi connectivity index (χ3n) is 5.10. The number of rotatable bonds is 9. The van der Waals surface area contributed by atoms with Gasteiger partial charge in [0, 0.05) is 6.54 Å². The number of ether oxygens (including phenoxy) is 3. The van der Waals surface area contributed by atoms with Crippen molar-refractivity contribution in [3.05, 3.63) is 53.1 Å². The molecule has 29 heavy (non-hydrogen) atoms. The lowest BCUT2D eigenvalue weighted by Crippen LogP contribution is -2.36. The van der Waals surface area contributed by atoms with Crippen LogP contribution in [-0.2, 0) is 24.2 Å². The SMILES string of the molecule is CCOc1ccc(CNC(=O)[C@H](C)Oc2cccc3c2CCCC3)cc1OCC. The minimum Gasteiger partial charge on any atom is -0.490 e. The van der Waals surface area contributed by atoms with E-state index in [1.54, 1.807) is 6.92 Å². The molecule has 0 aromatic heterocycles. The van der Waals surface area contributed by atoms with E-state index in [0.717, 1.165) is 29.9 Å². The molecule has 0 saturated carbocycles. The molecule has 1 atom stereocenters. The molecule has 0 spiro atoms. The van der Waals surface area contributed by atoms with Gasteiger partial charge in [-0.1, -0.05) is 18.2 Å². The summed E-state index contributed by atoms with van der Waals surface area (Å²) in [6, 6.07) is 11.9. The zero-order valence-electron chi connectivity index (χ0n) is 17.6. The van der Waals surface area contributed by atoms with Gasteiger partial charge in [-0.2, -0.15) is 0 Å². The van der Waals surface area contributed by atoms with E-state index >= 15 is 0 Å². The molecule has 0 bridgehead atoms. The van der Waals surface area contributed by atoms with Crippen LogP contribution >= 0.6 is 0 Å². The van der Waals surface area contributed by atoms with Crippen LogP contribution in [0.3, 0.4) is 0 Å². The normalized spacial score (nSPS) is 13.9. The molecule has 1 amide bonds. The zero-order valence-corrected chi connectivity index (χ0v) is 17.6. The molecule has 1 aliphatic carbocycles. The molecule has 1 N–H and O–H groups in total. The summed E-state index contributed by atoms with van der Waals surface area (Å²) < 4.78 is 17.3. The fourth-order valence-corrected chi connectivity index (χ4v) is 3.64. The third kappa shape index (κ3) is 5.43. The van der Waals surface area contributed by atoms with Crippen LogP contribution < -0.4 is 19.5 Å². The molecule has 2 aromatic rings. The predicted octanol–water partition coefficient (Wildman–Crippen LogP) is 4.45. The molecule has 3 rings (SSSR count). The Kier molecular flexibility index (Phi) is 7.39. The molecule has 5 heteroatoms. The summed E-state index contributed by atoms with van der Waals surface area (Å²) in [4.78, 5) is 12.6. The van der Waals surface area contributed by atoms with E-state index in [1.807, 2.05) is 44.2 Å². The average molecular weight is 398 g/mol. The van der Waals surface area contributed by atoms with E-state index in [0.29, 0.717) is 25.5 Å². The Hall–Kier alpha value is -2.69. The second-order valence-electron chi connectivity index (χ2n) is 7.23. The van der Waals surface area contributed by atoms with Crippen molar-refractivity contribution in [1.82, 2.24) is 5.32 Å². The quantitative estimate of drug-likeness (QED) is 0.679. The van der Waals surface area contributed by atoms with Gasteiger partial charge in [-0.15, -0.1) is 0 Å². The summed E-state index contributed by atoms with van der Waals surface area (Å²) in [5.41, 5.74) is 3.56. The highest BCUT2D eigenvalue weighted by atomic mass is 16.5. The van der Waals surface area contributed by atoms with Gasteiger partial charge in [-0.05, 0) is 81.3 Å². The van der Waals surface area contributed by atoms with Gasteiger partial charge in [0.15, 0.2) is 17.6 Å². The summed E-state index contributed by atoms with van der Waals surface area (Å²) in [5, 5.41) is 2.96. The predicted molar refractivity (Wildman–Crippen MR) is 114 cm³/mol. The number of amides is 1. The third-order valence-corrected chi connectivity index (χ3v) is 5.10. The maximum atomic E-state index is 12.6. The van der Waals surface area contributed by atoms with Crippen LogP contribution in [0.4, 0.5) is 0 Å². The molecule has 0 saturated heterocycles. The minimum atomic E-state index is -0.558. The van der Waals surface area contributed by atoms with Crippen LogP contribution in [0.5, 0.6) is 17.2 Å². The Morgan fingerprint density at radius 1 is 1.00 bits per heavy atom. The largest absolute Gasteiger partial charge is 0.490 e. The van der Waals surface area contributed by atoms with E-state index in [-0.39, 0.29) is 5.91 Å². The number of fused-ring (bicyclic) bond motifs is 1. The maximum absolute atomic E-state index is 12.6. The van der Waals surface area contributed by atoms with Crippen LogP contribution in [0.2, 0.25) is 0 Å². The van der Waals surface area contributed by atoms with Crippen molar-refractivity contribution in [2.75, 3.05) is 13.2 Å². The zero-order chi connectivity index (χ0) is 20.6. The molecule has 5 nitrogen and oxygen atoms in total. The maximum Gasteiger partial charge on any atom is 0.261 e. The fourth-order valence-electron chi connectivity index (χ4n) is 3.64. The Morgan fingerprint density at radius 3 is 2.55 bits per heavy atom. The highest BCUT2D eigenvalue weighted by Gasteiger charge is 2.19. The average Bonchev–Trinajstić information content (AvgIpc) is 2.74. The number of benzene rings is 2. The Morgan fingerprint density at radius 2 is 1.76 bits per heavy atom. The second kappa shape index (κ2) is 10.2. The summed E-state index contributed by atoms with van der Waals surface area (Å²) >= 11 is 0. The van der Waals surface area contributed by atoms with Gasteiger partial charge >= 0.3 is 0 Å². The monoisotopic (exact) mass is 397 g/mol. The van der Waals surface area contributed by atoms with Gasteiger partial charge in [0.1, 0.15) is 5.75 Å². The lowest BCUT2D eigenvalue weighted by molar-refractivity contribution is -0.127. The van der Waals surface area contributed by atoms with Crippen molar-refractivity contribution in [1.29, 1.82) is 0 Å². The van der Waals surface area contributed by atoms with E-state index in [4.69, 9.17) is 14.2 Å². The molecule has 2 aromatic carbocycles. The van der Waals surface area contributed by atoms with Crippen LogP contribution in [0, 0.1) is 0 Å². The summed E-state index contributed by atoms with van der Waals surface area (Å²) in [7, 11) is 0. The van der Waals surface area contributed by atoms with Gasteiger partial charge in [0.25, 0.3) is 5.91 Å². The van der Waals surface area contributed by atoms with Crippen molar-refractivity contribution in [2.45, 2.75) is 59.1 Å².